The van der Waals surface area contributed by atoms with E-state index in [1.807, 2.05) is 12.1 Å². The lowest BCUT2D eigenvalue weighted by atomic mass is 10.0. The van der Waals surface area contributed by atoms with Gasteiger partial charge in [-0.25, -0.2) is 9.59 Å². The first-order chi connectivity index (χ1) is 15.9. The van der Waals surface area contributed by atoms with Gasteiger partial charge in [-0.15, -0.1) is 0 Å². The van der Waals surface area contributed by atoms with Gasteiger partial charge in [0.2, 0.25) is 0 Å². The standard InChI is InChI=1S/C26H16Cl2O5/c1-14-22(31-13-19-20(27)6-4-7-21(19)28)10-9-16-17(12-24(29)33-25(14)16)18-11-15-5-2-3-8-23(15)32-26(18)30/h2-12H,13H2,1H3. The molecule has 5 aromatic rings. The molecule has 0 N–H and O–H groups in total. The Hall–Kier alpha value is -3.54. The smallest absolute Gasteiger partial charge is 0.344 e. The summed E-state index contributed by atoms with van der Waals surface area (Å²) in [5.74, 6) is 0.504. The average Bonchev–Trinajstić information content (AvgIpc) is 2.79. The van der Waals surface area contributed by atoms with Crippen LogP contribution in [0.2, 0.25) is 10.0 Å². The molecule has 0 unspecified atom stereocenters. The Balaban J connectivity index is 1.62. The van der Waals surface area contributed by atoms with Crippen LogP contribution in [0.3, 0.4) is 0 Å². The monoisotopic (exact) mass is 478 g/mol. The van der Waals surface area contributed by atoms with E-state index in [0.717, 1.165) is 5.39 Å². The molecule has 33 heavy (non-hydrogen) atoms. The van der Waals surface area contributed by atoms with Crippen molar-refractivity contribution < 1.29 is 13.6 Å². The molecular formula is C26H16Cl2O5. The Kier molecular flexibility index (Phi) is 5.44. The topological polar surface area (TPSA) is 69.7 Å². The molecule has 0 spiro atoms. The lowest BCUT2D eigenvalue weighted by Gasteiger charge is -2.13. The van der Waals surface area contributed by atoms with Crippen LogP contribution in [-0.2, 0) is 6.61 Å². The van der Waals surface area contributed by atoms with E-state index < -0.39 is 11.3 Å². The highest BCUT2D eigenvalue weighted by Gasteiger charge is 2.17. The van der Waals surface area contributed by atoms with Crippen molar-refractivity contribution in [2.24, 2.45) is 0 Å². The predicted molar refractivity (Wildman–Crippen MR) is 129 cm³/mol. The molecule has 0 aliphatic rings. The molecule has 0 atom stereocenters. The number of ether oxygens (including phenoxy) is 1. The van der Waals surface area contributed by atoms with Crippen LogP contribution in [0.4, 0.5) is 0 Å². The van der Waals surface area contributed by atoms with Crippen LogP contribution < -0.4 is 16.0 Å². The Morgan fingerprint density at radius 3 is 2.39 bits per heavy atom. The van der Waals surface area contributed by atoms with Gasteiger partial charge in [0, 0.05) is 43.6 Å². The highest BCUT2D eigenvalue weighted by atomic mass is 35.5. The van der Waals surface area contributed by atoms with Gasteiger partial charge < -0.3 is 13.6 Å². The minimum atomic E-state index is -0.584. The SMILES string of the molecule is Cc1c(OCc2c(Cl)cccc2Cl)ccc2c(-c3cc4ccccc4oc3=O)cc(=O)oc12. The van der Waals surface area contributed by atoms with Crippen LogP contribution in [0.25, 0.3) is 33.1 Å². The lowest BCUT2D eigenvalue weighted by molar-refractivity contribution is 0.304. The number of para-hydroxylation sites is 1. The molecule has 164 valence electrons. The molecule has 0 aliphatic carbocycles. The van der Waals surface area contributed by atoms with Crippen LogP contribution in [-0.4, -0.2) is 0 Å². The quantitative estimate of drug-likeness (QED) is 0.267. The molecule has 0 radical (unpaired) electrons. The van der Waals surface area contributed by atoms with Gasteiger partial charge in [-0.1, -0.05) is 47.5 Å². The molecule has 5 rings (SSSR count). The maximum Gasteiger partial charge on any atom is 0.344 e. The molecule has 2 heterocycles. The summed E-state index contributed by atoms with van der Waals surface area (Å²) in [6.07, 6.45) is 0. The molecule has 5 nitrogen and oxygen atoms in total. The largest absolute Gasteiger partial charge is 0.488 e. The second kappa shape index (κ2) is 8.43. The van der Waals surface area contributed by atoms with E-state index in [1.165, 1.54) is 6.07 Å². The highest BCUT2D eigenvalue weighted by molar-refractivity contribution is 6.35. The van der Waals surface area contributed by atoms with E-state index in [0.29, 0.717) is 49.0 Å². The molecular weight excluding hydrogens is 463 g/mol. The van der Waals surface area contributed by atoms with Gasteiger partial charge in [0.1, 0.15) is 23.5 Å². The summed E-state index contributed by atoms with van der Waals surface area (Å²) in [5.41, 5.74) is 1.67. The first kappa shape index (κ1) is 21.3. The first-order valence-corrected chi connectivity index (χ1v) is 10.8. The van der Waals surface area contributed by atoms with Gasteiger partial charge >= 0.3 is 11.3 Å². The zero-order valence-corrected chi connectivity index (χ0v) is 18.9. The molecule has 7 heteroatoms. The predicted octanol–water partition coefficient (Wildman–Crippen LogP) is 6.76. The summed E-state index contributed by atoms with van der Waals surface area (Å²) < 4.78 is 16.9. The molecule has 0 amide bonds. The fourth-order valence-electron chi connectivity index (χ4n) is 3.79. The summed E-state index contributed by atoms with van der Waals surface area (Å²) in [6, 6.07) is 19.0. The third-order valence-corrected chi connectivity index (χ3v) is 6.18. The van der Waals surface area contributed by atoms with E-state index in [-0.39, 0.29) is 12.2 Å². The number of benzene rings is 3. The number of halogens is 2. The van der Waals surface area contributed by atoms with E-state index in [2.05, 4.69) is 0 Å². The van der Waals surface area contributed by atoms with Crippen molar-refractivity contribution >= 4 is 45.1 Å². The average molecular weight is 479 g/mol. The summed E-state index contributed by atoms with van der Waals surface area (Å²) >= 11 is 12.5. The molecule has 2 aromatic heterocycles. The van der Waals surface area contributed by atoms with Gasteiger partial charge in [-0.05, 0) is 43.3 Å². The van der Waals surface area contributed by atoms with Crippen LogP contribution in [0.5, 0.6) is 5.75 Å². The van der Waals surface area contributed by atoms with Crippen LogP contribution in [0, 0.1) is 6.92 Å². The number of aryl methyl sites for hydroxylation is 1. The van der Waals surface area contributed by atoms with Gasteiger partial charge in [-0.2, -0.15) is 0 Å². The number of fused-ring (bicyclic) bond motifs is 2. The normalized spacial score (nSPS) is 11.2. The molecule has 3 aromatic carbocycles. The Labute approximate surface area is 197 Å². The van der Waals surface area contributed by atoms with Crippen LogP contribution in [0.15, 0.2) is 85.2 Å². The Bertz CT molecular complexity index is 1630. The van der Waals surface area contributed by atoms with Gasteiger partial charge in [0.05, 0.1) is 5.56 Å². The van der Waals surface area contributed by atoms with E-state index in [9.17, 15) is 9.59 Å². The van der Waals surface area contributed by atoms with Gasteiger partial charge in [0.15, 0.2) is 0 Å². The zero-order valence-electron chi connectivity index (χ0n) is 17.4. The Morgan fingerprint density at radius 1 is 0.848 bits per heavy atom. The molecule has 0 aliphatic heterocycles. The van der Waals surface area contributed by atoms with Crippen LogP contribution in [0.1, 0.15) is 11.1 Å². The minimum Gasteiger partial charge on any atom is -0.488 e. The number of hydrogen-bond acceptors (Lipinski definition) is 5. The van der Waals surface area contributed by atoms with Crippen molar-refractivity contribution in [3.05, 3.63) is 109 Å². The van der Waals surface area contributed by atoms with E-state index in [1.54, 1.807) is 55.5 Å². The third-order valence-electron chi connectivity index (χ3n) is 5.48. The van der Waals surface area contributed by atoms with Crippen molar-refractivity contribution in [2.75, 3.05) is 0 Å². The zero-order chi connectivity index (χ0) is 23.1. The number of rotatable bonds is 4. The number of hydrogen-bond donors (Lipinski definition) is 0. The summed E-state index contributed by atoms with van der Waals surface area (Å²) in [7, 11) is 0. The van der Waals surface area contributed by atoms with Crippen molar-refractivity contribution in [3.8, 4) is 16.9 Å². The van der Waals surface area contributed by atoms with E-state index >= 15 is 0 Å². The first-order valence-electron chi connectivity index (χ1n) is 10.1. The summed E-state index contributed by atoms with van der Waals surface area (Å²) in [6.45, 7) is 1.92. The molecule has 0 fully saturated rings. The molecule has 0 saturated heterocycles. The molecule has 0 bridgehead atoms. The van der Waals surface area contributed by atoms with Crippen molar-refractivity contribution in [3.63, 3.8) is 0 Å². The van der Waals surface area contributed by atoms with Crippen LogP contribution >= 0.6 is 23.2 Å². The van der Waals surface area contributed by atoms with Crippen molar-refractivity contribution in [1.82, 2.24) is 0 Å². The Morgan fingerprint density at radius 2 is 1.61 bits per heavy atom. The van der Waals surface area contributed by atoms with Crippen molar-refractivity contribution in [2.45, 2.75) is 13.5 Å². The van der Waals surface area contributed by atoms with Gasteiger partial charge in [0.25, 0.3) is 0 Å². The second-order valence-corrected chi connectivity index (χ2v) is 8.33. The maximum atomic E-state index is 12.7. The van der Waals surface area contributed by atoms with E-state index in [4.69, 9.17) is 36.8 Å². The third kappa shape index (κ3) is 3.90. The fourth-order valence-corrected chi connectivity index (χ4v) is 4.30. The summed E-state index contributed by atoms with van der Waals surface area (Å²) in [5, 5.41) is 2.34. The van der Waals surface area contributed by atoms with Gasteiger partial charge in [-0.3, -0.25) is 0 Å². The fraction of sp³-hybridized carbons (Fsp3) is 0.0769. The second-order valence-electron chi connectivity index (χ2n) is 7.52. The minimum absolute atomic E-state index is 0.142. The summed E-state index contributed by atoms with van der Waals surface area (Å²) in [4.78, 5) is 25.1. The lowest BCUT2D eigenvalue weighted by Crippen LogP contribution is -2.07. The maximum absolute atomic E-state index is 12.7. The molecule has 0 saturated carbocycles. The highest BCUT2D eigenvalue weighted by Crippen LogP contribution is 2.34. The van der Waals surface area contributed by atoms with Crippen molar-refractivity contribution in [1.29, 1.82) is 0 Å².